The van der Waals surface area contributed by atoms with Crippen molar-refractivity contribution >= 4 is 38.9 Å². The second kappa shape index (κ2) is 10.7. The molecule has 0 fully saturated rings. The van der Waals surface area contributed by atoms with Gasteiger partial charge in [0, 0.05) is 36.8 Å². The van der Waals surface area contributed by atoms with Gasteiger partial charge in [-0.2, -0.15) is 0 Å². The van der Waals surface area contributed by atoms with E-state index in [0.717, 1.165) is 40.9 Å². The van der Waals surface area contributed by atoms with E-state index in [0.29, 0.717) is 24.4 Å². The van der Waals surface area contributed by atoms with Gasteiger partial charge >= 0.3 is 0 Å². The van der Waals surface area contributed by atoms with Crippen molar-refractivity contribution in [3.63, 3.8) is 0 Å². The number of carbonyl (C=O) groups excluding carboxylic acids is 2. The minimum atomic E-state index is -0.300. The summed E-state index contributed by atoms with van der Waals surface area (Å²) in [4.78, 5) is 37.8. The van der Waals surface area contributed by atoms with E-state index in [9.17, 15) is 9.59 Å². The molecular weight excluding hydrogens is 472 g/mol. The minimum Gasteiger partial charge on any atom is -0.359 e. The molecule has 9 heteroatoms. The fourth-order valence-corrected chi connectivity index (χ4v) is 5.00. The van der Waals surface area contributed by atoms with Crippen molar-refractivity contribution in [2.45, 2.75) is 38.1 Å². The predicted molar refractivity (Wildman–Crippen MR) is 142 cm³/mol. The standard InChI is InChI=1S/C27H28N6O2S/c1-28-24(34)10-4-2-3-9-21(31-26(35)23-17-33-13-14-36-27(33)32-23)25-29-16-22(30-25)20-12-11-18-7-5-6-8-19(18)15-20/h5-8,11-17,21H,2-4,9-10H2,1H3,(H,28,34)(H,29,30)(H,31,35)/t21-/m0/s1. The Hall–Kier alpha value is -3.98. The molecule has 0 radical (unpaired) electrons. The van der Waals surface area contributed by atoms with Crippen LogP contribution >= 0.6 is 11.3 Å². The highest BCUT2D eigenvalue weighted by Gasteiger charge is 2.21. The molecule has 5 rings (SSSR count). The Labute approximate surface area is 212 Å². The molecule has 3 N–H and O–H groups in total. The molecule has 0 spiro atoms. The maximum absolute atomic E-state index is 13.1. The Morgan fingerprint density at radius 2 is 1.97 bits per heavy atom. The topological polar surface area (TPSA) is 104 Å². The molecule has 36 heavy (non-hydrogen) atoms. The van der Waals surface area contributed by atoms with E-state index in [4.69, 9.17) is 0 Å². The first-order valence-electron chi connectivity index (χ1n) is 12.1. The summed E-state index contributed by atoms with van der Waals surface area (Å²) in [5.41, 5.74) is 2.32. The van der Waals surface area contributed by atoms with Gasteiger partial charge in [-0.05, 0) is 29.7 Å². The molecule has 0 saturated carbocycles. The molecule has 8 nitrogen and oxygen atoms in total. The van der Waals surface area contributed by atoms with E-state index in [2.05, 4.69) is 55.9 Å². The van der Waals surface area contributed by atoms with Crippen molar-refractivity contribution in [2.75, 3.05) is 7.05 Å². The van der Waals surface area contributed by atoms with Crippen LogP contribution in [-0.4, -0.2) is 38.2 Å². The van der Waals surface area contributed by atoms with Crippen LogP contribution in [0, 0.1) is 0 Å². The number of aromatic amines is 1. The number of aromatic nitrogens is 4. The molecule has 184 valence electrons. The molecule has 0 bridgehead atoms. The summed E-state index contributed by atoms with van der Waals surface area (Å²) < 4.78 is 1.85. The highest BCUT2D eigenvalue weighted by Crippen LogP contribution is 2.26. The first-order valence-corrected chi connectivity index (χ1v) is 13.0. The number of thiazole rings is 1. The van der Waals surface area contributed by atoms with Gasteiger partial charge in [0.05, 0.1) is 17.9 Å². The van der Waals surface area contributed by atoms with Crippen molar-refractivity contribution in [1.82, 2.24) is 30.0 Å². The third-order valence-electron chi connectivity index (χ3n) is 6.29. The summed E-state index contributed by atoms with van der Waals surface area (Å²) in [5.74, 6) is 0.523. The number of nitrogens with one attached hydrogen (secondary N) is 3. The molecule has 0 aliphatic heterocycles. The van der Waals surface area contributed by atoms with Crippen molar-refractivity contribution in [3.05, 3.63) is 78.0 Å². The third kappa shape index (κ3) is 5.31. The number of unbranched alkanes of at least 4 members (excludes halogenated alkanes) is 2. The third-order valence-corrected chi connectivity index (χ3v) is 7.06. The molecule has 0 unspecified atom stereocenters. The lowest BCUT2D eigenvalue weighted by Crippen LogP contribution is -2.29. The number of hydrogen-bond acceptors (Lipinski definition) is 5. The lowest BCUT2D eigenvalue weighted by atomic mass is 10.1. The van der Waals surface area contributed by atoms with Crippen molar-refractivity contribution in [1.29, 1.82) is 0 Å². The second-order valence-corrected chi connectivity index (χ2v) is 9.63. The van der Waals surface area contributed by atoms with Crippen LogP contribution in [0.2, 0.25) is 0 Å². The van der Waals surface area contributed by atoms with Gasteiger partial charge in [0.15, 0.2) is 4.96 Å². The number of nitrogens with zero attached hydrogens (tertiary/aromatic N) is 3. The fourth-order valence-electron chi connectivity index (χ4n) is 4.30. The van der Waals surface area contributed by atoms with E-state index in [1.807, 2.05) is 34.3 Å². The summed E-state index contributed by atoms with van der Waals surface area (Å²) >= 11 is 1.49. The number of carbonyl (C=O) groups is 2. The Bertz CT molecular complexity index is 1470. The molecule has 0 aliphatic carbocycles. The molecule has 0 aliphatic rings. The van der Waals surface area contributed by atoms with Crippen molar-refractivity contribution in [3.8, 4) is 11.3 Å². The second-order valence-electron chi connectivity index (χ2n) is 8.76. The van der Waals surface area contributed by atoms with Crippen molar-refractivity contribution in [2.24, 2.45) is 0 Å². The van der Waals surface area contributed by atoms with Gasteiger partial charge in [-0.25, -0.2) is 9.97 Å². The summed E-state index contributed by atoms with van der Waals surface area (Å²) in [7, 11) is 1.65. The first kappa shape index (κ1) is 23.7. The van der Waals surface area contributed by atoms with E-state index < -0.39 is 0 Å². The number of rotatable bonds is 10. The molecule has 1 atom stereocenters. The Balaban J connectivity index is 1.33. The minimum absolute atomic E-state index is 0.0469. The van der Waals surface area contributed by atoms with E-state index in [1.54, 1.807) is 13.2 Å². The molecule has 2 aromatic carbocycles. The number of imidazole rings is 2. The average Bonchev–Trinajstić information content (AvgIpc) is 3.64. The molecule has 3 heterocycles. The number of amides is 2. The van der Waals surface area contributed by atoms with Gasteiger partial charge in [-0.1, -0.05) is 49.2 Å². The van der Waals surface area contributed by atoms with Crippen LogP contribution in [0.25, 0.3) is 27.0 Å². The van der Waals surface area contributed by atoms with Crippen LogP contribution in [0.4, 0.5) is 0 Å². The lowest BCUT2D eigenvalue weighted by molar-refractivity contribution is -0.120. The lowest BCUT2D eigenvalue weighted by Gasteiger charge is -2.16. The average molecular weight is 501 g/mol. The zero-order valence-corrected chi connectivity index (χ0v) is 20.8. The Kier molecular flexibility index (Phi) is 7.08. The fraction of sp³-hybridized carbons (Fsp3) is 0.259. The largest absolute Gasteiger partial charge is 0.359 e. The normalized spacial score (nSPS) is 12.1. The highest BCUT2D eigenvalue weighted by molar-refractivity contribution is 7.15. The zero-order valence-electron chi connectivity index (χ0n) is 20.0. The van der Waals surface area contributed by atoms with Gasteiger partial charge < -0.3 is 15.6 Å². The predicted octanol–water partition coefficient (Wildman–Crippen LogP) is 5.11. The summed E-state index contributed by atoms with van der Waals surface area (Å²) in [6.45, 7) is 0. The van der Waals surface area contributed by atoms with Gasteiger partial charge in [0.1, 0.15) is 11.5 Å². The number of H-pyrrole nitrogens is 1. The maximum atomic E-state index is 13.1. The molecule has 5 aromatic rings. The van der Waals surface area contributed by atoms with Crippen LogP contribution in [-0.2, 0) is 4.79 Å². The van der Waals surface area contributed by atoms with Crippen LogP contribution in [0.5, 0.6) is 0 Å². The van der Waals surface area contributed by atoms with E-state index >= 15 is 0 Å². The van der Waals surface area contributed by atoms with Crippen molar-refractivity contribution < 1.29 is 9.59 Å². The maximum Gasteiger partial charge on any atom is 0.272 e. The van der Waals surface area contributed by atoms with Crippen LogP contribution in [0.1, 0.15) is 54.5 Å². The smallest absolute Gasteiger partial charge is 0.272 e. The van der Waals surface area contributed by atoms with E-state index in [-0.39, 0.29) is 17.9 Å². The summed E-state index contributed by atoms with van der Waals surface area (Å²) in [6.07, 6.45) is 9.19. The van der Waals surface area contributed by atoms with Gasteiger partial charge in [0.25, 0.3) is 5.91 Å². The highest BCUT2D eigenvalue weighted by atomic mass is 32.1. The van der Waals surface area contributed by atoms with Gasteiger partial charge in [-0.3, -0.25) is 14.0 Å². The number of fused-ring (bicyclic) bond motifs is 2. The quantitative estimate of drug-likeness (QED) is 0.232. The molecule has 0 saturated heterocycles. The molecular formula is C27H28N6O2S. The van der Waals surface area contributed by atoms with Crippen LogP contribution in [0.15, 0.2) is 66.4 Å². The SMILES string of the molecule is CNC(=O)CCCCC[C@H](NC(=O)c1cn2ccsc2n1)c1ncc(-c2ccc3ccccc3c2)[nH]1. The number of benzene rings is 2. The number of hydrogen-bond donors (Lipinski definition) is 3. The summed E-state index contributed by atoms with van der Waals surface area (Å²) in [5, 5.41) is 10.1. The molecule has 3 aromatic heterocycles. The van der Waals surface area contributed by atoms with Crippen LogP contribution < -0.4 is 10.6 Å². The molecule has 2 amide bonds. The zero-order chi connectivity index (χ0) is 24.9. The van der Waals surface area contributed by atoms with Crippen LogP contribution in [0.3, 0.4) is 0 Å². The summed E-state index contributed by atoms with van der Waals surface area (Å²) in [6, 6.07) is 14.2. The van der Waals surface area contributed by atoms with E-state index in [1.165, 1.54) is 16.7 Å². The Morgan fingerprint density at radius 3 is 2.81 bits per heavy atom. The Morgan fingerprint density at radius 1 is 1.11 bits per heavy atom. The van der Waals surface area contributed by atoms with Gasteiger partial charge in [-0.15, -0.1) is 11.3 Å². The monoisotopic (exact) mass is 500 g/mol. The van der Waals surface area contributed by atoms with Gasteiger partial charge in [0.2, 0.25) is 5.91 Å². The first-order chi connectivity index (χ1) is 17.6.